The van der Waals surface area contributed by atoms with E-state index in [9.17, 15) is 0 Å². The van der Waals surface area contributed by atoms with Crippen LogP contribution in [-0.2, 0) is 0 Å². The van der Waals surface area contributed by atoms with Crippen LogP contribution in [-0.4, -0.2) is 35.3 Å². The molecule has 1 aliphatic rings. The van der Waals surface area contributed by atoms with E-state index in [0.717, 1.165) is 29.3 Å². The normalized spacial score (nSPS) is 12.0. The van der Waals surface area contributed by atoms with Crippen LogP contribution in [0.15, 0.2) is 24.8 Å². The smallest absolute Gasteiger partial charge is 0.140 e. The molecular formula is C16H23N3O. The maximum atomic E-state index is 9.01. The summed E-state index contributed by atoms with van der Waals surface area (Å²) in [5.41, 5.74) is 1.98. The Morgan fingerprint density at radius 2 is 2.00 bits per heavy atom. The third-order valence-corrected chi connectivity index (χ3v) is 2.70. The van der Waals surface area contributed by atoms with Gasteiger partial charge in [-0.05, 0) is 26.3 Å². The predicted octanol–water partition coefficient (Wildman–Crippen LogP) is 2.84. The zero-order valence-corrected chi connectivity index (χ0v) is 12.5. The Bertz CT molecular complexity index is 507. The number of hydrogen-bond donors (Lipinski definition) is 1. The maximum Gasteiger partial charge on any atom is 0.140 e. The first-order valence-corrected chi connectivity index (χ1v) is 6.74. The SMILES string of the molecule is C=CC.Cc1nc2c(c(N(C)CCO)n1)C=CCC=C2. The molecule has 0 bridgehead atoms. The summed E-state index contributed by atoms with van der Waals surface area (Å²) in [5.74, 6) is 1.63. The number of aryl methyl sites for hydroxylation is 1. The number of aliphatic hydroxyl groups excluding tert-OH is 1. The largest absolute Gasteiger partial charge is 0.395 e. The van der Waals surface area contributed by atoms with Crippen molar-refractivity contribution in [1.82, 2.24) is 9.97 Å². The van der Waals surface area contributed by atoms with Crippen LogP contribution in [0, 0.1) is 6.92 Å². The van der Waals surface area contributed by atoms with E-state index in [1.165, 1.54) is 0 Å². The van der Waals surface area contributed by atoms with Crippen molar-refractivity contribution < 1.29 is 5.11 Å². The van der Waals surface area contributed by atoms with Crippen LogP contribution in [0.3, 0.4) is 0 Å². The molecule has 1 aromatic heterocycles. The van der Waals surface area contributed by atoms with Crippen LogP contribution in [0.4, 0.5) is 5.82 Å². The van der Waals surface area contributed by atoms with Crippen molar-refractivity contribution in [2.45, 2.75) is 20.3 Å². The minimum atomic E-state index is 0.119. The molecule has 1 heterocycles. The summed E-state index contributed by atoms with van der Waals surface area (Å²) in [6.45, 7) is 7.83. The number of aromatic nitrogens is 2. The molecule has 0 fully saturated rings. The fraction of sp³-hybridized carbons (Fsp3) is 0.375. The fourth-order valence-corrected chi connectivity index (χ4v) is 1.87. The number of fused-ring (bicyclic) bond motifs is 1. The number of nitrogens with zero attached hydrogens (tertiary/aromatic N) is 3. The average molecular weight is 273 g/mol. The monoisotopic (exact) mass is 273 g/mol. The third kappa shape index (κ3) is 4.31. The van der Waals surface area contributed by atoms with Gasteiger partial charge in [-0.1, -0.05) is 24.3 Å². The van der Waals surface area contributed by atoms with Crippen molar-refractivity contribution in [1.29, 1.82) is 0 Å². The highest BCUT2D eigenvalue weighted by atomic mass is 16.3. The quantitative estimate of drug-likeness (QED) is 0.860. The van der Waals surface area contributed by atoms with E-state index in [0.29, 0.717) is 6.54 Å². The van der Waals surface area contributed by atoms with Crippen LogP contribution < -0.4 is 4.90 Å². The minimum absolute atomic E-state index is 0.119. The summed E-state index contributed by atoms with van der Waals surface area (Å²) in [4.78, 5) is 10.9. The molecular weight excluding hydrogens is 250 g/mol. The van der Waals surface area contributed by atoms with Gasteiger partial charge in [0.05, 0.1) is 12.3 Å². The fourth-order valence-electron chi connectivity index (χ4n) is 1.87. The van der Waals surface area contributed by atoms with Crippen LogP contribution >= 0.6 is 0 Å². The lowest BCUT2D eigenvalue weighted by Crippen LogP contribution is -2.24. The van der Waals surface area contributed by atoms with Crippen molar-refractivity contribution in [3.63, 3.8) is 0 Å². The van der Waals surface area contributed by atoms with E-state index in [2.05, 4.69) is 34.8 Å². The number of aliphatic hydroxyl groups is 1. The van der Waals surface area contributed by atoms with Gasteiger partial charge < -0.3 is 10.0 Å². The summed E-state index contributed by atoms with van der Waals surface area (Å²) < 4.78 is 0. The maximum absolute atomic E-state index is 9.01. The molecule has 0 spiro atoms. The van der Waals surface area contributed by atoms with Crippen molar-refractivity contribution in [2.24, 2.45) is 0 Å². The first-order chi connectivity index (χ1) is 9.63. The van der Waals surface area contributed by atoms with Crippen LogP contribution in [0.5, 0.6) is 0 Å². The van der Waals surface area contributed by atoms with Crippen molar-refractivity contribution >= 4 is 18.0 Å². The second-order valence-electron chi connectivity index (χ2n) is 4.49. The van der Waals surface area contributed by atoms with E-state index in [4.69, 9.17) is 5.11 Å². The lowest BCUT2D eigenvalue weighted by Gasteiger charge is -2.20. The minimum Gasteiger partial charge on any atom is -0.395 e. The highest BCUT2D eigenvalue weighted by molar-refractivity contribution is 5.73. The molecule has 0 amide bonds. The topological polar surface area (TPSA) is 49.2 Å². The Kier molecular flexibility index (Phi) is 6.67. The summed E-state index contributed by atoms with van der Waals surface area (Å²) in [7, 11) is 1.93. The molecule has 4 heteroatoms. The standard InChI is InChI=1S/C13H17N3O.C3H6/c1-10-14-12-7-5-3-4-6-11(12)13(15-10)16(2)8-9-17;1-3-2/h4-7,17H,3,8-9H2,1-2H3;3H,1H2,2H3. The lowest BCUT2D eigenvalue weighted by molar-refractivity contribution is 0.304. The predicted molar refractivity (Wildman–Crippen MR) is 85.7 cm³/mol. The second-order valence-corrected chi connectivity index (χ2v) is 4.49. The third-order valence-electron chi connectivity index (χ3n) is 2.70. The van der Waals surface area contributed by atoms with Crippen LogP contribution in [0.2, 0.25) is 0 Å². The Morgan fingerprint density at radius 3 is 2.65 bits per heavy atom. The highest BCUT2D eigenvalue weighted by Crippen LogP contribution is 2.24. The van der Waals surface area contributed by atoms with Gasteiger partial charge in [-0.3, -0.25) is 0 Å². The van der Waals surface area contributed by atoms with Crippen molar-refractivity contribution in [3.05, 3.63) is 41.9 Å². The van der Waals surface area contributed by atoms with E-state index < -0.39 is 0 Å². The zero-order chi connectivity index (χ0) is 15.0. The van der Waals surface area contributed by atoms with E-state index in [1.807, 2.05) is 31.9 Å². The molecule has 0 aliphatic heterocycles. The van der Waals surface area contributed by atoms with Gasteiger partial charge in [0.25, 0.3) is 0 Å². The Morgan fingerprint density at radius 1 is 1.35 bits per heavy atom. The highest BCUT2D eigenvalue weighted by Gasteiger charge is 2.13. The number of likely N-dealkylation sites (N-methyl/N-ethyl adjacent to an activating group) is 1. The van der Waals surface area contributed by atoms with Gasteiger partial charge in [-0.15, -0.1) is 6.58 Å². The van der Waals surface area contributed by atoms with Gasteiger partial charge in [-0.25, -0.2) is 9.97 Å². The Hall–Kier alpha value is -1.94. The van der Waals surface area contributed by atoms with Gasteiger partial charge in [0.15, 0.2) is 0 Å². The molecule has 0 saturated carbocycles. The summed E-state index contributed by atoms with van der Waals surface area (Å²) in [6.07, 6.45) is 10.9. The van der Waals surface area contributed by atoms with Crippen molar-refractivity contribution in [3.8, 4) is 0 Å². The number of rotatable bonds is 3. The molecule has 0 atom stereocenters. The number of anilines is 1. The Labute approximate surface area is 121 Å². The molecule has 4 nitrogen and oxygen atoms in total. The molecule has 0 aromatic carbocycles. The van der Waals surface area contributed by atoms with E-state index >= 15 is 0 Å². The molecule has 0 saturated heterocycles. The molecule has 1 aliphatic carbocycles. The Balaban J connectivity index is 0.000000612. The summed E-state index contributed by atoms with van der Waals surface area (Å²) in [6, 6.07) is 0. The van der Waals surface area contributed by atoms with Crippen LogP contribution in [0.1, 0.15) is 30.4 Å². The van der Waals surface area contributed by atoms with E-state index in [1.54, 1.807) is 6.08 Å². The van der Waals surface area contributed by atoms with Crippen LogP contribution in [0.25, 0.3) is 12.2 Å². The molecule has 2 rings (SSSR count). The summed E-state index contributed by atoms with van der Waals surface area (Å²) in [5, 5.41) is 9.01. The second kappa shape index (κ2) is 8.27. The van der Waals surface area contributed by atoms with Gasteiger partial charge in [0.2, 0.25) is 0 Å². The number of allylic oxidation sites excluding steroid dienone is 3. The van der Waals surface area contributed by atoms with Gasteiger partial charge >= 0.3 is 0 Å². The summed E-state index contributed by atoms with van der Waals surface area (Å²) >= 11 is 0. The molecule has 20 heavy (non-hydrogen) atoms. The number of hydrogen-bond acceptors (Lipinski definition) is 4. The molecule has 108 valence electrons. The lowest BCUT2D eigenvalue weighted by atomic mass is 10.2. The molecule has 1 N–H and O–H groups in total. The van der Waals surface area contributed by atoms with Gasteiger partial charge in [0, 0.05) is 19.2 Å². The molecule has 1 aromatic rings. The molecule has 0 radical (unpaired) electrons. The average Bonchev–Trinajstić information content (AvgIpc) is 2.64. The van der Waals surface area contributed by atoms with E-state index in [-0.39, 0.29) is 6.61 Å². The van der Waals surface area contributed by atoms with Gasteiger partial charge in [0.1, 0.15) is 11.6 Å². The first-order valence-electron chi connectivity index (χ1n) is 6.74. The first kappa shape index (κ1) is 16.1. The van der Waals surface area contributed by atoms with Gasteiger partial charge in [-0.2, -0.15) is 0 Å². The van der Waals surface area contributed by atoms with Crippen molar-refractivity contribution in [2.75, 3.05) is 25.1 Å². The molecule has 0 unspecified atom stereocenters. The zero-order valence-electron chi connectivity index (χ0n) is 12.5.